The van der Waals surface area contributed by atoms with Crippen LogP contribution in [0.4, 0.5) is 15.0 Å². The van der Waals surface area contributed by atoms with Crippen LogP contribution in [0.5, 0.6) is 5.75 Å². The maximum atomic E-state index is 13.9. The number of amides is 2. The molecule has 0 saturated carbocycles. The third-order valence-corrected chi connectivity index (χ3v) is 7.23. The molecule has 5 rings (SSSR count). The Hall–Kier alpha value is -4.77. The molecule has 0 spiro atoms. The van der Waals surface area contributed by atoms with E-state index in [0.717, 1.165) is 40.5 Å². The van der Waals surface area contributed by atoms with E-state index in [0.29, 0.717) is 4.47 Å². The molecule has 0 fully saturated rings. The summed E-state index contributed by atoms with van der Waals surface area (Å²) in [6, 6.07) is 20.7. The van der Waals surface area contributed by atoms with Gasteiger partial charge in [-0.3, -0.25) is 4.79 Å². The monoisotopic (exact) mass is 633 g/mol. The molecule has 0 unspecified atom stereocenters. The maximum Gasteiger partial charge on any atom is 0.407 e. The van der Waals surface area contributed by atoms with E-state index in [1.165, 1.54) is 12.3 Å². The van der Waals surface area contributed by atoms with E-state index in [9.17, 15) is 23.9 Å². The quantitative estimate of drug-likeness (QED) is 0.197. The van der Waals surface area contributed by atoms with Crippen molar-refractivity contribution in [2.45, 2.75) is 18.9 Å². The maximum absolute atomic E-state index is 13.9. The van der Waals surface area contributed by atoms with E-state index < -0.39 is 36.4 Å². The third kappa shape index (κ3) is 6.26. The number of nitrogens with zero attached hydrogens (tertiary/aromatic N) is 1. The average molecular weight is 634 g/mol. The summed E-state index contributed by atoms with van der Waals surface area (Å²) in [6.45, 7) is 1.24. The first-order valence-electron chi connectivity index (χ1n) is 12.9. The number of aromatic carboxylic acids is 1. The fraction of sp³-hybridized carbons (Fsp3) is 0.161. The Labute approximate surface area is 248 Å². The molecule has 1 aliphatic rings. The predicted molar refractivity (Wildman–Crippen MR) is 156 cm³/mol. The smallest absolute Gasteiger partial charge is 0.407 e. The number of carbonyl (C=O) groups excluding carboxylic acids is 2. The first-order valence-corrected chi connectivity index (χ1v) is 13.7. The zero-order valence-corrected chi connectivity index (χ0v) is 23.9. The zero-order valence-electron chi connectivity index (χ0n) is 22.3. The summed E-state index contributed by atoms with van der Waals surface area (Å²) in [7, 11) is 0. The van der Waals surface area contributed by atoms with Gasteiger partial charge >= 0.3 is 12.1 Å². The number of carboxylic acid groups (broad SMARTS) is 1. The number of rotatable bonds is 9. The molecule has 0 saturated heterocycles. The zero-order chi connectivity index (χ0) is 29.8. The van der Waals surface area contributed by atoms with Gasteiger partial charge in [-0.2, -0.15) is 0 Å². The van der Waals surface area contributed by atoms with Crippen LogP contribution in [0.15, 0.2) is 83.5 Å². The summed E-state index contributed by atoms with van der Waals surface area (Å²) in [5.41, 5.74) is 4.34. The number of carbonyl (C=O) groups is 3. The molecule has 2 amide bonds. The van der Waals surface area contributed by atoms with Crippen LogP contribution in [0.1, 0.15) is 46.0 Å². The molecule has 1 aromatic heterocycles. The first-order chi connectivity index (χ1) is 20.2. The Morgan fingerprint density at radius 2 is 1.69 bits per heavy atom. The lowest BCUT2D eigenvalue weighted by atomic mass is 9.98. The molecule has 1 aliphatic carbocycles. The molecule has 42 heavy (non-hydrogen) atoms. The molecular weight excluding hydrogens is 609 g/mol. The van der Waals surface area contributed by atoms with Crippen LogP contribution in [0.25, 0.3) is 11.1 Å². The van der Waals surface area contributed by atoms with Gasteiger partial charge in [-0.25, -0.2) is 19.0 Å². The Kier molecular flexibility index (Phi) is 8.48. The molecule has 3 N–H and O–H groups in total. The lowest BCUT2D eigenvalue weighted by Crippen LogP contribution is -2.34. The molecular formula is C31H25BrFN3O6. The van der Waals surface area contributed by atoms with Gasteiger partial charge in [0.1, 0.15) is 25.1 Å². The number of alkyl carbamates (subject to hydrolysis) is 1. The average Bonchev–Trinajstić information content (AvgIpc) is 3.29. The van der Waals surface area contributed by atoms with Gasteiger partial charge in [0.05, 0.1) is 5.56 Å². The fourth-order valence-electron chi connectivity index (χ4n) is 4.90. The molecule has 9 nitrogen and oxygen atoms in total. The highest BCUT2D eigenvalue weighted by molar-refractivity contribution is 9.10. The van der Waals surface area contributed by atoms with E-state index in [1.807, 2.05) is 48.5 Å². The second-order valence-electron chi connectivity index (χ2n) is 9.52. The van der Waals surface area contributed by atoms with Gasteiger partial charge < -0.3 is 25.2 Å². The minimum absolute atomic E-state index is 0.0256. The fourth-order valence-corrected chi connectivity index (χ4v) is 5.21. The summed E-state index contributed by atoms with van der Waals surface area (Å²) in [5, 5.41) is 14.5. The summed E-state index contributed by atoms with van der Waals surface area (Å²) >= 11 is 3.29. The number of carboxylic acids is 1. The number of hydrogen-bond acceptors (Lipinski definition) is 6. The van der Waals surface area contributed by atoms with Gasteiger partial charge in [-0.05, 0) is 69.4 Å². The molecule has 1 heterocycles. The molecule has 1 atom stereocenters. The van der Waals surface area contributed by atoms with Crippen LogP contribution in [-0.2, 0) is 9.53 Å². The van der Waals surface area contributed by atoms with Crippen molar-refractivity contribution >= 4 is 39.7 Å². The van der Waals surface area contributed by atoms with Crippen LogP contribution in [0.2, 0.25) is 0 Å². The summed E-state index contributed by atoms with van der Waals surface area (Å²) < 4.78 is 25.8. The van der Waals surface area contributed by atoms with Crippen LogP contribution >= 0.6 is 15.9 Å². The SMILES string of the molecule is C[C@@H](Oc1cc(Br)cnc1NC(=O)CNC(=O)OCC1c2ccccc2-c2ccccc21)c1cc(F)ccc1C(=O)O. The van der Waals surface area contributed by atoms with Crippen LogP contribution in [0, 0.1) is 5.82 Å². The number of benzene rings is 3. The van der Waals surface area contributed by atoms with Gasteiger partial charge in [0.15, 0.2) is 11.6 Å². The number of nitrogens with one attached hydrogen (secondary N) is 2. The van der Waals surface area contributed by atoms with Crippen molar-refractivity contribution in [3.63, 3.8) is 0 Å². The number of anilines is 1. The highest BCUT2D eigenvalue weighted by atomic mass is 79.9. The van der Waals surface area contributed by atoms with E-state index >= 15 is 0 Å². The van der Waals surface area contributed by atoms with Gasteiger partial charge in [0.2, 0.25) is 5.91 Å². The molecule has 0 aliphatic heterocycles. The Bertz CT molecular complexity index is 1640. The Balaban J connectivity index is 1.19. The second-order valence-corrected chi connectivity index (χ2v) is 10.4. The highest BCUT2D eigenvalue weighted by Crippen LogP contribution is 2.44. The molecule has 0 radical (unpaired) electrons. The van der Waals surface area contributed by atoms with Crippen LogP contribution < -0.4 is 15.4 Å². The van der Waals surface area contributed by atoms with Gasteiger partial charge in [-0.15, -0.1) is 0 Å². The molecule has 0 bridgehead atoms. The van der Waals surface area contributed by atoms with Crippen molar-refractivity contribution in [3.05, 3.63) is 112 Å². The number of fused-ring (bicyclic) bond motifs is 3. The van der Waals surface area contributed by atoms with Crippen molar-refractivity contribution in [2.24, 2.45) is 0 Å². The van der Waals surface area contributed by atoms with Crippen molar-refractivity contribution in [2.75, 3.05) is 18.5 Å². The summed E-state index contributed by atoms with van der Waals surface area (Å²) in [6.07, 6.45) is -0.234. The van der Waals surface area contributed by atoms with Crippen LogP contribution in [-0.4, -0.2) is 41.2 Å². The molecule has 11 heteroatoms. The largest absolute Gasteiger partial charge is 0.482 e. The van der Waals surface area contributed by atoms with Gasteiger partial charge in [0.25, 0.3) is 0 Å². The van der Waals surface area contributed by atoms with Gasteiger partial charge in [0, 0.05) is 22.2 Å². The summed E-state index contributed by atoms with van der Waals surface area (Å²) in [4.78, 5) is 40.9. The topological polar surface area (TPSA) is 127 Å². The Morgan fingerprint density at radius 3 is 2.36 bits per heavy atom. The lowest BCUT2D eigenvalue weighted by Gasteiger charge is -2.19. The van der Waals surface area contributed by atoms with E-state index in [4.69, 9.17) is 9.47 Å². The van der Waals surface area contributed by atoms with Crippen molar-refractivity contribution in [3.8, 4) is 16.9 Å². The van der Waals surface area contributed by atoms with E-state index in [-0.39, 0.29) is 35.2 Å². The number of ether oxygens (including phenoxy) is 2. The summed E-state index contributed by atoms with van der Waals surface area (Å²) in [5.74, 6) is -2.45. The molecule has 4 aromatic rings. The van der Waals surface area contributed by atoms with Crippen molar-refractivity contribution in [1.29, 1.82) is 0 Å². The Morgan fingerprint density at radius 1 is 1.02 bits per heavy atom. The third-order valence-electron chi connectivity index (χ3n) is 6.80. The molecule has 3 aromatic carbocycles. The van der Waals surface area contributed by atoms with Crippen molar-refractivity contribution < 1.29 is 33.4 Å². The van der Waals surface area contributed by atoms with Gasteiger partial charge in [-0.1, -0.05) is 48.5 Å². The van der Waals surface area contributed by atoms with E-state index in [2.05, 4.69) is 31.5 Å². The highest BCUT2D eigenvalue weighted by Gasteiger charge is 2.29. The van der Waals surface area contributed by atoms with Crippen LogP contribution in [0.3, 0.4) is 0 Å². The number of pyridine rings is 1. The predicted octanol–water partition coefficient (Wildman–Crippen LogP) is 6.30. The molecule has 214 valence electrons. The van der Waals surface area contributed by atoms with E-state index in [1.54, 1.807) is 6.92 Å². The lowest BCUT2D eigenvalue weighted by molar-refractivity contribution is -0.115. The number of hydrogen-bond donors (Lipinski definition) is 3. The standard InChI is InChI=1S/C31H25BrFN3O6/c1-17(25-13-19(33)10-11-24(25)30(38)39)42-27-12-18(32)14-34-29(27)36-28(37)15-35-31(40)41-16-26-22-8-4-2-6-20(22)21-7-3-5-9-23(21)26/h2-14,17,26H,15-16H2,1H3,(H,35,40)(H,38,39)(H,34,36,37)/t17-/m1/s1. The van der Waals surface area contributed by atoms with Crippen molar-refractivity contribution in [1.82, 2.24) is 10.3 Å². The second kappa shape index (κ2) is 12.4. The normalized spacial score (nSPS) is 12.5. The number of halogens is 2. The first kappa shape index (κ1) is 28.7. The minimum atomic E-state index is -1.24. The number of aromatic nitrogens is 1. The minimum Gasteiger partial charge on any atom is -0.482 e.